The molecule has 1 aromatic rings. The van der Waals surface area contributed by atoms with E-state index >= 15 is 0 Å². The first kappa shape index (κ1) is 8.51. The maximum absolute atomic E-state index is 11.0. The maximum atomic E-state index is 11.0. The molecule has 0 saturated carbocycles. The number of nitrogens with zero attached hydrogens (tertiary/aromatic N) is 1. The summed E-state index contributed by atoms with van der Waals surface area (Å²) in [6, 6.07) is 0.101. The highest BCUT2D eigenvalue weighted by molar-refractivity contribution is 5.29. The second-order valence-corrected chi connectivity index (χ2v) is 2.65. The molecule has 0 aromatic carbocycles. The molecule has 0 saturated heterocycles. The Morgan fingerprint density at radius 1 is 1.42 bits per heavy atom. The van der Waals surface area contributed by atoms with Crippen LogP contribution in [0.25, 0.3) is 0 Å². The summed E-state index contributed by atoms with van der Waals surface area (Å²) in [7, 11) is 0. The fourth-order valence-electron chi connectivity index (χ4n) is 0.719. The molecule has 0 aliphatic rings. The number of hydrogen-bond donors (Lipinski definition) is 3. The van der Waals surface area contributed by atoms with Crippen molar-refractivity contribution in [2.75, 3.05) is 5.32 Å². The highest BCUT2D eigenvalue weighted by atomic mass is 16.2. The molecule has 0 atom stereocenters. The minimum atomic E-state index is -0.602. The summed E-state index contributed by atoms with van der Waals surface area (Å²) < 4.78 is 0. The lowest BCUT2D eigenvalue weighted by atomic mass is 10.4. The van der Waals surface area contributed by atoms with Gasteiger partial charge in [0.2, 0.25) is 5.82 Å². The fourth-order valence-corrected chi connectivity index (χ4v) is 0.719. The summed E-state index contributed by atoms with van der Waals surface area (Å²) in [5.41, 5.74) is -1.11. The molecule has 66 valence electrons. The highest BCUT2D eigenvalue weighted by Crippen LogP contribution is 1.90. The average Bonchev–Trinajstić information content (AvgIpc) is 1.94. The third-order valence-corrected chi connectivity index (χ3v) is 1.14. The fraction of sp³-hybridized carbons (Fsp3) is 0.500. The predicted molar refractivity (Wildman–Crippen MR) is 44.2 cm³/mol. The second-order valence-electron chi connectivity index (χ2n) is 2.65. The van der Waals surface area contributed by atoms with Crippen molar-refractivity contribution in [1.82, 2.24) is 15.2 Å². The zero-order chi connectivity index (χ0) is 9.14. The van der Waals surface area contributed by atoms with Gasteiger partial charge in [-0.25, -0.2) is 9.89 Å². The van der Waals surface area contributed by atoms with Crippen LogP contribution in [0.1, 0.15) is 13.8 Å². The van der Waals surface area contributed by atoms with E-state index in [9.17, 15) is 9.59 Å². The summed E-state index contributed by atoms with van der Waals surface area (Å²) in [4.78, 5) is 23.6. The molecule has 3 N–H and O–H groups in total. The van der Waals surface area contributed by atoms with Gasteiger partial charge in [0.25, 0.3) is 5.56 Å². The Morgan fingerprint density at radius 2 is 2.08 bits per heavy atom. The van der Waals surface area contributed by atoms with Gasteiger partial charge in [-0.2, -0.15) is 0 Å². The molecule has 1 rings (SSSR count). The normalized spacial score (nSPS) is 10.2. The predicted octanol–water partition coefficient (Wildman–Crippen LogP) is -0.722. The molecule has 12 heavy (non-hydrogen) atoms. The molecule has 0 aliphatic heterocycles. The summed E-state index contributed by atoms with van der Waals surface area (Å²) in [6.07, 6.45) is 0. The van der Waals surface area contributed by atoms with E-state index in [1.807, 2.05) is 13.8 Å². The van der Waals surface area contributed by atoms with Crippen molar-refractivity contribution in [2.24, 2.45) is 0 Å². The Kier molecular flexibility index (Phi) is 2.27. The van der Waals surface area contributed by atoms with Crippen LogP contribution in [0.2, 0.25) is 0 Å². The lowest BCUT2D eigenvalue weighted by Crippen LogP contribution is -2.28. The summed E-state index contributed by atoms with van der Waals surface area (Å²) in [5, 5.41) is 8.42. The number of anilines is 1. The van der Waals surface area contributed by atoms with Crippen molar-refractivity contribution >= 4 is 5.82 Å². The van der Waals surface area contributed by atoms with Crippen LogP contribution in [0.3, 0.4) is 0 Å². The van der Waals surface area contributed by atoms with E-state index < -0.39 is 11.2 Å². The number of aromatic nitrogens is 3. The van der Waals surface area contributed by atoms with E-state index in [-0.39, 0.29) is 11.9 Å². The average molecular weight is 170 g/mol. The zero-order valence-corrected chi connectivity index (χ0v) is 6.84. The van der Waals surface area contributed by atoms with Crippen LogP contribution in [0, 0.1) is 0 Å². The monoisotopic (exact) mass is 170 g/mol. The van der Waals surface area contributed by atoms with Gasteiger partial charge in [0.05, 0.1) is 0 Å². The number of nitrogens with one attached hydrogen (secondary N) is 3. The van der Waals surface area contributed by atoms with E-state index in [1.165, 1.54) is 0 Å². The molecular formula is C6H10N4O2. The van der Waals surface area contributed by atoms with Crippen molar-refractivity contribution < 1.29 is 0 Å². The Morgan fingerprint density at radius 3 is 2.58 bits per heavy atom. The van der Waals surface area contributed by atoms with E-state index in [4.69, 9.17) is 0 Å². The molecule has 0 unspecified atom stereocenters. The molecule has 1 aromatic heterocycles. The van der Waals surface area contributed by atoms with Gasteiger partial charge in [-0.3, -0.25) is 9.78 Å². The van der Waals surface area contributed by atoms with Gasteiger partial charge in [-0.1, -0.05) is 0 Å². The van der Waals surface area contributed by atoms with Crippen LogP contribution in [-0.2, 0) is 0 Å². The quantitative estimate of drug-likeness (QED) is 0.546. The molecule has 0 amide bonds. The number of H-pyrrole nitrogens is 2. The van der Waals surface area contributed by atoms with Gasteiger partial charge in [-0.15, -0.1) is 5.10 Å². The van der Waals surface area contributed by atoms with E-state index in [0.29, 0.717) is 0 Å². The number of hydrogen-bond acceptors (Lipinski definition) is 4. The standard InChI is InChI=1S/C6H10N4O2/c1-3(2)7-4-5(11)8-6(12)10-9-4/h3H,1-2H3,(H,7,9)(H2,8,10,11,12). The van der Waals surface area contributed by atoms with Crippen LogP contribution in [0.15, 0.2) is 9.59 Å². The van der Waals surface area contributed by atoms with Crippen molar-refractivity contribution in [3.8, 4) is 0 Å². The molecule has 6 heteroatoms. The molecular weight excluding hydrogens is 160 g/mol. The van der Waals surface area contributed by atoms with Gasteiger partial charge in [0.15, 0.2) is 0 Å². The lowest BCUT2D eigenvalue weighted by molar-refractivity contribution is 0.834. The SMILES string of the molecule is CC(C)Nc1n[nH]c(=O)[nH]c1=O. The van der Waals surface area contributed by atoms with Crippen molar-refractivity contribution in [1.29, 1.82) is 0 Å². The maximum Gasteiger partial charge on any atom is 0.342 e. The zero-order valence-electron chi connectivity index (χ0n) is 6.84. The Balaban J connectivity index is 3.02. The molecule has 6 nitrogen and oxygen atoms in total. The van der Waals surface area contributed by atoms with Gasteiger partial charge in [0.1, 0.15) is 0 Å². The molecule has 0 aliphatic carbocycles. The smallest absolute Gasteiger partial charge is 0.342 e. The summed E-state index contributed by atoms with van der Waals surface area (Å²) in [6.45, 7) is 3.73. The molecule has 0 bridgehead atoms. The highest BCUT2D eigenvalue weighted by Gasteiger charge is 2.01. The van der Waals surface area contributed by atoms with Crippen LogP contribution in [0.4, 0.5) is 5.82 Å². The van der Waals surface area contributed by atoms with Crippen molar-refractivity contribution in [2.45, 2.75) is 19.9 Å². The first-order valence-electron chi connectivity index (χ1n) is 3.55. The van der Waals surface area contributed by atoms with Gasteiger partial charge in [-0.05, 0) is 13.8 Å². The third kappa shape index (κ3) is 1.94. The summed E-state index contributed by atoms with van der Waals surface area (Å²) in [5.74, 6) is 0.129. The van der Waals surface area contributed by atoms with E-state index in [1.54, 1.807) is 0 Å². The van der Waals surface area contributed by atoms with Gasteiger partial charge < -0.3 is 5.32 Å². The molecule has 0 radical (unpaired) electrons. The van der Waals surface area contributed by atoms with Crippen molar-refractivity contribution in [3.05, 3.63) is 20.8 Å². The Bertz CT molecular complexity index is 364. The first-order chi connectivity index (χ1) is 5.59. The largest absolute Gasteiger partial charge is 0.362 e. The third-order valence-electron chi connectivity index (χ3n) is 1.14. The van der Waals surface area contributed by atoms with Crippen LogP contribution >= 0.6 is 0 Å². The van der Waals surface area contributed by atoms with E-state index in [2.05, 4.69) is 20.5 Å². The minimum Gasteiger partial charge on any atom is -0.362 e. The second kappa shape index (κ2) is 3.21. The van der Waals surface area contributed by atoms with Crippen LogP contribution in [-0.4, -0.2) is 21.2 Å². The Hall–Kier alpha value is -1.59. The number of aromatic amines is 2. The first-order valence-corrected chi connectivity index (χ1v) is 3.55. The minimum absolute atomic E-state index is 0.101. The lowest BCUT2D eigenvalue weighted by Gasteiger charge is -2.05. The Labute approximate surface area is 68.0 Å². The van der Waals surface area contributed by atoms with Gasteiger partial charge in [0, 0.05) is 6.04 Å². The molecule has 0 fully saturated rings. The number of rotatable bonds is 2. The molecule has 0 spiro atoms. The van der Waals surface area contributed by atoms with E-state index in [0.717, 1.165) is 0 Å². The van der Waals surface area contributed by atoms with Crippen LogP contribution in [0.5, 0.6) is 0 Å². The molecule has 1 heterocycles. The topological polar surface area (TPSA) is 90.6 Å². The van der Waals surface area contributed by atoms with Crippen molar-refractivity contribution in [3.63, 3.8) is 0 Å². The van der Waals surface area contributed by atoms with Gasteiger partial charge >= 0.3 is 5.69 Å². The van der Waals surface area contributed by atoms with Crippen LogP contribution < -0.4 is 16.6 Å². The summed E-state index contributed by atoms with van der Waals surface area (Å²) >= 11 is 0.